The zero-order valence-corrected chi connectivity index (χ0v) is 14.8. The van der Waals surface area contributed by atoms with Crippen LogP contribution in [0.4, 0.5) is 0 Å². The second-order valence-corrected chi connectivity index (χ2v) is 6.84. The molecule has 0 bridgehead atoms. The van der Waals surface area contributed by atoms with Crippen LogP contribution < -0.4 is 10.1 Å². The highest BCUT2D eigenvalue weighted by atomic mass is 16.5. The lowest BCUT2D eigenvalue weighted by molar-refractivity contribution is 0.0513. The second-order valence-electron chi connectivity index (χ2n) is 6.84. The van der Waals surface area contributed by atoms with Gasteiger partial charge in [0, 0.05) is 23.4 Å². The molecule has 1 aliphatic rings. The van der Waals surface area contributed by atoms with Crippen molar-refractivity contribution in [3.8, 4) is 5.88 Å². The first-order valence-electron chi connectivity index (χ1n) is 8.56. The maximum atomic E-state index is 12.4. The summed E-state index contributed by atoms with van der Waals surface area (Å²) in [6.07, 6.45) is 5.01. The lowest BCUT2D eigenvalue weighted by Crippen LogP contribution is -2.38. The maximum Gasteiger partial charge on any atom is 0.251 e. The molecular weight excluding hydrogens is 320 g/mol. The quantitative estimate of drug-likeness (QED) is 0.842. The average Bonchev–Trinajstić information content (AvgIpc) is 2.88. The highest BCUT2D eigenvalue weighted by Gasteiger charge is 2.28. The molecule has 6 nitrogen and oxygen atoms in total. The van der Waals surface area contributed by atoms with Gasteiger partial charge in [0.15, 0.2) is 0 Å². The third kappa shape index (κ3) is 4.02. The molecule has 0 aromatic carbocycles. The van der Waals surface area contributed by atoms with Gasteiger partial charge in [0.1, 0.15) is 23.2 Å². The number of rotatable bonds is 6. The van der Waals surface area contributed by atoms with Gasteiger partial charge >= 0.3 is 0 Å². The summed E-state index contributed by atoms with van der Waals surface area (Å²) in [4.78, 5) is 16.6. The predicted octanol–water partition coefficient (Wildman–Crippen LogP) is 2.86. The Morgan fingerprint density at radius 2 is 2.20 bits per heavy atom. The highest BCUT2D eigenvalue weighted by molar-refractivity contribution is 5.94. The number of hydrogen-bond acceptors (Lipinski definition) is 5. The minimum absolute atomic E-state index is 0.0762. The van der Waals surface area contributed by atoms with E-state index < -0.39 is 5.60 Å². The lowest BCUT2D eigenvalue weighted by atomic mass is 9.96. The van der Waals surface area contributed by atoms with Crippen LogP contribution in [0.5, 0.6) is 5.88 Å². The largest absolute Gasteiger partial charge is 0.474 e. The zero-order valence-electron chi connectivity index (χ0n) is 14.8. The Morgan fingerprint density at radius 1 is 1.44 bits per heavy atom. The second kappa shape index (κ2) is 6.88. The van der Waals surface area contributed by atoms with Crippen LogP contribution in [0.3, 0.4) is 0 Å². The Hall–Kier alpha value is -2.34. The molecule has 0 radical (unpaired) electrons. The number of hydrogen-bond donors (Lipinski definition) is 2. The van der Waals surface area contributed by atoms with Crippen molar-refractivity contribution in [2.45, 2.75) is 51.7 Å². The van der Waals surface area contributed by atoms with Gasteiger partial charge in [-0.3, -0.25) is 4.79 Å². The summed E-state index contributed by atoms with van der Waals surface area (Å²) in [6, 6.07) is 5.05. The van der Waals surface area contributed by atoms with Crippen LogP contribution in [0.15, 0.2) is 28.8 Å². The van der Waals surface area contributed by atoms with Gasteiger partial charge in [-0.25, -0.2) is 4.98 Å². The summed E-state index contributed by atoms with van der Waals surface area (Å²) in [6.45, 7) is 5.35. The van der Waals surface area contributed by atoms with Crippen LogP contribution in [0.25, 0.3) is 0 Å². The van der Waals surface area contributed by atoms with E-state index in [1.807, 2.05) is 6.92 Å². The first-order valence-corrected chi connectivity index (χ1v) is 8.56. The van der Waals surface area contributed by atoms with E-state index in [1.165, 1.54) is 6.42 Å². The first-order chi connectivity index (χ1) is 11.8. The SMILES string of the molecule is Cc1cc(C(C)(O)CNC(=O)c2ccnc(OC3CCC3)c2)c(C)o1. The van der Waals surface area contributed by atoms with E-state index in [1.54, 1.807) is 38.2 Å². The molecule has 0 spiro atoms. The van der Waals surface area contributed by atoms with Gasteiger partial charge in [-0.1, -0.05) is 0 Å². The van der Waals surface area contributed by atoms with Crippen molar-refractivity contribution in [3.05, 3.63) is 47.0 Å². The summed E-state index contributed by atoms with van der Waals surface area (Å²) >= 11 is 0. The number of aliphatic hydroxyl groups is 1. The molecule has 1 amide bonds. The molecule has 2 heterocycles. The van der Waals surface area contributed by atoms with E-state index in [4.69, 9.17) is 9.15 Å². The monoisotopic (exact) mass is 344 g/mol. The minimum Gasteiger partial charge on any atom is -0.474 e. The van der Waals surface area contributed by atoms with Gasteiger partial charge in [-0.15, -0.1) is 0 Å². The van der Waals surface area contributed by atoms with Gasteiger partial charge in [0.2, 0.25) is 5.88 Å². The first kappa shape index (κ1) is 17.5. The van der Waals surface area contributed by atoms with Crippen molar-refractivity contribution in [1.82, 2.24) is 10.3 Å². The minimum atomic E-state index is -1.21. The molecule has 1 saturated carbocycles. The van der Waals surface area contributed by atoms with Gasteiger partial charge < -0.3 is 19.6 Å². The zero-order chi connectivity index (χ0) is 18.0. The molecule has 0 aliphatic heterocycles. The van der Waals surface area contributed by atoms with Crippen LogP contribution in [0, 0.1) is 13.8 Å². The van der Waals surface area contributed by atoms with Crippen molar-refractivity contribution >= 4 is 5.91 Å². The number of pyridine rings is 1. The molecule has 6 heteroatoms. The van der Waals surface area contributed by atoms with E-state index in [9.17, 15) is 9.90 Å². The third-order valence-electron chi connectivity index (χ3n) is 4.55. The molecule has 3 rings (SSSR count). The number of nitrogens with zero attached hydrogens (tertiary/aromatic N) is 1. The number of carbonyl (C=O) groups is 1. The molecule has 25 heavy (non-hydrogen) atoms. The van der Waals surface area contributed by atoms with Crippen molar-refractivity contribution in [2.75, 3.05) is 6.54 Å². The highest BCUT2D eigenvalue weighted by Crippen LogP contribution is 2.27. The normalized spacial score (nSPS) is 16.8. The molecule has 0 saturated heterocycles. The topological polar surface area (TPSA) is 84.6 Å². The van der Waals surface area contributed by atoms with E-state index in [0.29, 0.717) is 22.8 Å². The van der Waals surface area contributed by atoms with E-state index in [2.05, 4.69) is 10.3 Å². The molecule has 2 N–H and O–H groups in total. The Kier molecular flexibility index (Phi) is 4.81. The number of amides is 1. The van der Waals surface area contributed by atoms with Gasteiger partial charge in [0.25, 0.3) is 5.91 Å². The van der Waals surface area contributed by atoms with Crippen LogP contribution in [0.1, 0.15) is 53.6 Å². The smallest absolute Gasteiger partial charge is 0.251 e. The summed E-state index contributed by atoms with van der Waals surface area (Å²) in [5.74, 6) is 1.56. The molecular formula is C19H24N2O4. The van der Waals surface area contributed by atoms with Crippen LogP contribution in [-0.4, -0.2) is 28.6 Å². The number of nitrogens with one attached hydrogen (secondary N) is 1. The number of furan rings is 1. The Morgan fingerprint density at radius 3 is 2.80 bits per heavy atom. The van der Waals surface area contributed by atoms with Crippen LogP contribution in [-0.2, 0) is 5.60 Å². The third-order valence-corrected chi connectivity index (χ3v) is 4.55. The Labute approximate surface area is 147 Å². The summed E-state index contributed by atoms with van der Waals surface area (Å²) < 4.78 is 11.2. The van der Waals surface area contributed by atoms with Crippen molar-refractivity contribution in [1.29, 1.82) is 0 Å². The Bertz CT molecular complexity index is 763. The standard InChI is InChI=1S/C19H24N2O4/c1-12-9-16(13(2)24-12)19(3,23)11-21-18(22)14-7-8-20-17(10-14)25-15-5-4-6-15/h7-10,15,23H,4-6,11H2,1-3H3,(H,21,22). The van der Waals surface area contributed by atoms with E-state index in [0.717, 1.165) is 18.6 Å². The van der Waals surface area contributed by atoms with Crippen LogP contribution in [0.2, 0.25) is 0 Å². The van der Waals surface area contributed by atoms with Gasteiger partial charge in [-0.2, -0.15) is 0 Å². The molecule has 134 valence electrons. The molecule has 1 fully saturated rings. The molecule has 2 aromatic heterocycles. The fourth-order valence-electron chi connectivity index (χ4n) is 2.89. The number of aryl methyl sites for hydroxylation is 2. The molecule has 1 atom stereocenters. The van der Waals surface area contributed by atoms with Crippen molar-refractivity contribution in [3.63, 3.8) is 0 Å². The number of aromatic nitrogens is 1. The predicted molar refractivity (Wildman–Crippen MR) is 92.6 cm³/mol. The average molecular weight is 344 g/mol. The van der Waals surface area contributed by atoms with Crippen molar-refractivity contribution < 1.29 is 19.1 Å². The molecule has 2 aromatic rings. The summed E-state index contributed by atoms with van der Waals surface area (Å²) in [5.41, 5.74) is -0.0789. The lowest BCUT2D eigenvalue weighted by Gasteiger charge is -2.26. The molecule has 1 unspecified atom stereocenters. The van der Waals surface area contributed by atoms with Crippen LogP contribution >= 0.6 is 0 Å². The van der Waals surface area contributed by atoms with Gasteiger partial charge in [-0.05, 0) is 52.2 Å². The van der Waals surface area contributed by atoms with Crippen molar-refractivity contribution in [2.24, 2.45) is 0 Å². The maximum absolute atomic E-state index is 12.4. The number of carbonyl (C=O) groups excluding carboxylic acids is 1. The Balaban J connectivity index is 1.63. The number of ether oxygens (including phenoxy) is 1. The molecule has 1 aliphatic carbocycles. The van der Waals surface area contributed by atoms with E-state index >= 15 is 0 Å². The summed E-state index contributed by atoms with van der Waals surface area (Å²) in [5, 5.41) is 13.4. The fourth-order valence-corrected chi connectivity index (χ4v) is 2.89. The summed E-state index contributed by atoms with van der Waals surface area (Å²) in [7, 11) is 0. The fraction of sp³-hybridized carbons (Fsp3) is 0.474. The van der Waals surface area contributed by atoms with E-state index in [-0.39, 0.29) is 18.6 Å². The van der Waals surface area contributed by atoms with Gasteiger partial charge in [0.05, 0.1) is 6.54 Å².